The number of fused-ring (bicyclic) bond motifs is 1. The quantitative estimate of drug-likeness (QED) is 0.896. The minimum atomic E-state index is -0.730. The van der Waals surface area contributed by atoms with E-state index in [0.29, 0.717) is 31.2 Å². The Kier molecular flexibility index (Phi) is 4.75. The van der Waals surface area contributed by atoms with Crippen molar-refractivity contribution in [1.29, 1.82) is 0 Å². The standard InChI is InChI=1S/C20H24N2O3/c1-11-4-9-17-16(10-11)18(12(2)13(3)21-17)19(23)22-15-7-5-14(6-8-15)20(24)25/h4,9-10,14-15H,5-8H2,1-3H3,(H,22,23)(H,24,25). The Morgan fingerprint density at radius 1 is 1.12 bits per heavy atom. The third-order valence-corrected chi connectivity index (χ3v) is 5.27. The van der Waals surface area contributed by atoms with Gasteiger partial charge in [0.05, 0.1) is 17.0 Å². The lowest BCUT2D eigenvalue weighted by molar-refractivity contribution is -0.142. The minimum absolute atomic E-state index is 0.0378. The van der Waals surface area contributed by atoms with Crippen LogP contribution in [0.3, 0.4) is 0 Å². The molecule has 5 heteroatoms. The second-order valence-electron chi connectivity index (χ2n) is 7.08. The fraction of sp³-hybridized carbons (Fsp3) is 0.450. The van der Waals surface area contributed by atoms with E-state index in [1.165, 1.54) is 0 Å². The Labute approximate surface area is 147 Å². The number of hydrogen-bond donors (Lipinski definition) is 2. The number of pyridine rings is 1. The number of aromatic nitrogens is 1. The van der Waals surface area contributed by atoms with Gasteiger partial charge in [-0.15, -0.1) is 0 Å². The van der Waals surface area contributed by atoms with Crippen LogP contribution in [0, 0.1) is 26.7 Å². The summed E-state index contributed by atoms with van der Waals surface area (Å²) in [5.41, 5.74) is 4.36. The summed E-state index contributed by atoms with van der Waals surface area (Å²) in [5, 5.41) is 13.1. The summed E-state index contributed by atoms with van der Waals surface area (Å²) in [6, 6.07) is 5.99. The van der Waals surface area contributed by atoms with E-state index in [9.17, 15) is 9.59 Å². The van der Waals surface area contributed by atoms with Crippen molar-refractivity contribution < 1.29 is 14.7 Å². The number of nitrogens with zero attached hydrogens (tertiary/aromatic N) is 1. The molecule has 0 spiro atoms. The second-order valence-corrected chi connectivity index (χ2v) is 7.08. The van der Waals surface area contributed by atoms with E-state index >= 15 is 0 Å². The highest BCUT2D eigenvalue weighted by atomic mass is 16.4. The Morgan fingerprint density at radius 3 is 2.44 bits per heavy atom. The summed E-state index contributed by atoms with van der Waals surface area (Å²) < 4.78 is 0. The lowest BCUT2D eigenvalue weighted by Crippen LogP contribution is -2.39. The van der Waals surface area contributed by atoms with Crippen molar-refractivity contribution in [3.8, 4) is 0 Å². The second kappa shape index (κ2) is 6.82. The number of nitrogens with one attached hydrogen (secondary N) is 1. The average molecular weight is 340 g/mol. The highest BCUT2D eigenvalue weighted by molar-refractivity contribution is 6.07. The molecule has 2 aromatic rings. The maximum Gasteiger partial charge on any atom is 0.306 e. The number of amides is 1. The molecule has 0 bridgehead atoms. The van der Waals surface area contributed by atoms with Gasteiger partial charge in [-0.3, -0.25) is 14.6 Å². The molecule has 1 saturated carbocycles. The number of carbonyl (C=O) groups excluding carboxylic acids is 1. The highest BCUT2D eigenvalue weighted by Crippen LogP contribution is 2.27. The van der Waals surface area contributed by atoms with Crippen molar-refractivity contribution in [3.63, 3.8) is 0 Å². The van der Waals surface area contributed by atoms with Gasteiger partial charge in [0.15, 0.2) is 0 Å². The summed E-state index contributed by atoms with van der Waals surface area (Å²) in [6.45, 7) is 5.85. The van der Waals surface area contributed by atoms with E-state index < -0.39 is 5.97 Å². The highest BCUT2D eigenvalue weighted by Gasteiger charge is 2.27. The lowest BCUT2D eigenvalue weighted by atomic mass is 9.86. The molecular weight excluding hydrogens is 316 g/mol. The molecule has 0 atom stereocenters. The van der Waals surface area contributed by atoms with Gasteiger partial charge < -0.3 is 10.4 Å². The Morgan fingerprint density at radius 2 is 1.80 bits per heavy atom. The van der Waals surface area contributed by atoms with Gasteiger partial charge in [-0.25, -0.2) is 0 Å². The van der Waals surface area contributed by atoms with Crippen LogP contribution in [0.5, 0.6) is 0 Å². The van der Waals surface area contributed by atoms with Gasteiger partial charge in [0.25, 0.3) is 5.91 Å². The van der Waals surface area contributed by atoms with Crippen LogP contribution < -0.4 is 5.32 Å². The van der Waals surface area contributed by atoms with Crippen LogP contribution in [0.1, 0.15) is 52.9 Å². The smallest absolute Gasteiger partial charge is 0.306 e. The van der Waals surface area contributed by atoms with Crippen molar-refractivity contribution in [2.45, 2.75) is 52.5 Å². The molecule has 0 unspecified atom stereocenters. The van der Waals surface area contributed by atoms with Crippen molar-refractivity contribution in [1.82, 2.24) is 10.3 Å². The third-order valence-electron chi connectivity index (χ3n) is 5.27. The van der Waals surface area contributed by atoms with Crippen molar-refractivity contribution in [2.75, 3.05) is 0 Å². The molecular formula is C20H24N2O3. The number of aliphatic carboxylic acids is 1. The van der Waals surface area contributed by atoms with E-state index in [0.717, 1.165) is 27.7 Å². The maximum atomic E-state index is 13.0. The van der Waals surface area contributed by atoms with Crippen LogP contribution in [-0.2, 0) is 4.79 Å². The lowest BCUT2D eigenvalue weighted by Gasteiger charge is -2.27. The van der Waals surface area contributed by atoms with Crippen LogP contribution in [0.25, 0.3) is 10.9 Å². The first-order valence-corrected chi connectivity index (χ1v) is 8.78. The van der Waals surface area contributed by atoms with Gasteiger partial charge in [0.1, 0.15) is 0 Å². The van der Waals surface area contributed by atoms with Crippen LogP contribution >= 0.6 is 0 Å². The molecule has 1 heterocycles. The van der Waals surface area contributed by atoms with Crippen LogP contribution in [0.15, 0.2) is 18.2 Å². The van der Waals surface area contributed by atoms with Gasteiger partial charge >= 0.3 is 5.97 Å². The number of aryl methyl sites for hydroxylation is 2. The Balaban J connectivity index is 1.86. The monoisotopic (exact) mass is 340 g/mol. The van der Waals surface area contributed by atoms with Gasteiger partial charge in [0, 0.05) is 17.1 Å². The minimum Gasteiger partial charge on any atom is -0.481 e. The van der Waals surface area contributed by atoms with Crippen LogP contribution in [-0.4, -0.2) is 28.0 Å². The SMILES string of the molecule is Cc1ccc2nc(C)c(C)c(C(=O)NC3CCC(C(=O)O)CC3)c2c1. The first-order valence-electron chi connectivity index (χ1n) is 8.78. The predicted molar refractivity (Wildman–Crippen MR) is 96.8 cm³/mol. The summed E-state index contributed by atoms with van der Waals surface area (Å²) in [6.07, 6.45) is 2.66. The molecule has 0 saturated heterocycles. The van der Waals surface area contributed by atoms with Crippen LogP contribution in [0.4, 0.5) is 0 Å². The molecule has 0 aliphatic heterocycles. The Hall–Kier alpha value is -2.43. The zero-order chi connectivity index (χ0) is 18.1. The van der Waals surface area contributed by atoms with Gasteiger partial charge in [-0.05, 0) is 64.2 Å². The first kappa shape index (κ1) is 17.4. The number of rotatable bonds is 3. The van der Waals surface area contributed by atoms with E-state index in [-0.39, 0.29) is 17.9 Å². The van der Waals surface area contributed by atoms with Crippen molar-refractivity contribution in [3.05, 3.63) is 40.6 Å². The van der Waals surface area contributed by atoms with Crippen LogP contribution in [0.2, 0.25) is 0 Å². The molecule has 1 aromatic heterocycles. The maximum absolute atomic E-state index is 13.0. The zero-order valence-corrected chi connectivity index (χ0v) is 14.9. The van der Waals surface area contributed by atoms with Gasteiger partial charge in [-0.1, -0.05) is 11.6 Å². The number of carboxylic acids is 1. The van der Waals surface area contributed by atoms with Crippen molar-refractivity contribution >= 4 is 22.8 Å². The topological polar surface area (TPSA) is 79.3 Å². The van der Waals surface area contributed by atoms with Gasteiger partial charge in [0.2, 0.25) is 0 Å². The molecule has 3 rings (SSSR count). The largest absolute Gasteiger partial charge is 0.481 e. The molecule has 1 aliphatic carbocycles. The molecule has 1 amide bonds. The van der Waals surface area contributed by atoms with E-state index in [4.69, 9.17) is 5.11 Å². The molecule has 0 radical (unpaired) electrons. The summed E-state index contributed by atoms with van der Waals surface area (Å²) in [5.74, 6) is -1.09. The van der Waals surface area contributed by atoms with E-state index in [1.807, 2.05) is 39.0 Å². The first-order chi connectivity index (χ1) is 11.9. The average Bonchev–Trinajstić information content (AvgIpc) is 2.57. The normalized spacial score (nSPS) is 20.4. The third kappa shape index (κ3) is 3.50. The van der Waals surface area contributed by atoms with Gasteiger partial charge in [-0.2, -0.15) is 0 Å². The molecule has 5 nitrogen and oxygen atoms in total. The molecule has 132 valence electrons. The fourth-order valence-electron chi connectivity index (χ4n) is 3.63. The Bertz CT molecular complexity index is 836. The van der Waals surface area contributed by atoms with E-state index in [1.54, 1.807) is 0 Å². The number of hydrogen-bond acceptors (Lipinski definition) is 3. The van der Waals surface area contributed by atoms with Crippen molar-refractivity contribution in [2.24, 2.45) is 5.92 Å². The fourth-order valence-corrected chi connectivity index (χ4v) is 3.63. The molecule has 1 aliphatic rings. The zero-order valence-electron chi connectivity index (χ0n) is 14.9. The molecule has 25 heavy (non-hydrogen) atoms. The molecule has 2 N–H and O–H groups in total. The summed E-state index contributed by atoms with van der Waals surface area (Å²) >= 11 is 0. The number of carboxylic acid groups (broad SMARTS) is 1. The number of carbonyl (C=O) groups is 2. The summed E-state index contributed by atoms with van der Waals surface area (Å²) in [7, 11) is 0. The van der Waals surface area contributed by atoms with E-state index in [2.05, 4.69) is 10.3 Å². The number of benzene rings is 1. The predicted octanol–water partition coefficient (Wildman–Crippen LogP) is 3.53. The summed E-state index contributed by atoms with van der Waals surface area (Å²) in [4.78, 5) is 28.6. The molecule has 1 aromatic carbocycles. The molecule has 1 fully saturated rings.